The molecule has 0 unspecified atom stereocenters. The Morgan fingerprint density at radius 2 is 2.18 bits per heavy atom. The zero-order chi connectivity index (χ0) is 15.6. The number of hydrogen-bond donors (Lipinski definition) is 0. The van der Waals surface area contributed by atoms with E-state index in [4.69, 9.17) is 9.15 Å². The Morgan fingerprint density at radius 1 is 1.32 bits per heavy atom. The summed E-state index contributed by atoms with van der Waals surface area (Å²) in [4.78, 5) is 2.29. The first kappa shape index (κ1) is 16.0. The Labute approximate surface area is 132 Å². The Bertz CT molecular complexity index is 572. The Balaban J connectivity index is 1.64. The molecule has 3 heterocycles. The van der Waals surface area contributed by atoms with Crippen LogP contribution in [0.1, 0.15) is 19.1 Å². The van der Waals surface area contributed by atoms with Crippen molar-refractivity contribution in [1.82, 2.24) is 9.21 Å². The monoisotopic (exact) mass is 328 g/mol. The Kier molecular flexibility index (Phi) is 4.87. The fourth-order valence-electron chi connectivity index (χ4n) is 3.30. The van der Waals surface area contributed by atoms with Gasteiger partial charge in [0.1, 0.15) is 5.76 Å². The predicted octanol–water partition coefficient (Wildman–Crippen LogP) is 1.15. The number of nitrogens with zero attached hydrogens (tertiary/aromatic N) is 2. The molecule has 7 heteroatoms. The standard InChI is InChI=1S/C15H24N2O4S/c1-2-8-22(18,19)17-10-13-9-16(5-7-21-15(13)12-17)11-14-4-3-6-20-14/h3-4,6,13,15H,2,5,7-12H2,1H3/t13-,15+/m1/s1. The van der Waals surface area contributed by atoms with E-state index in [1.54, 1.807) is 10.6 Å². The number of sulfonamides is 1. The van der Waals surface area contributed by atoms with Crippen molar-refractivity contribution in [2.24, 2.45) is 5.92 Å². The lowest BCUT2D eigenvalue weighted by molar-refractivity contribution is 0.0546. The van der Waals surface area contributed by atoms with Crippen LogP contribution in [-0.2, 0) is 21.3 Å². The highest BCUT2D eigenvalue weighted by Crippen LogP contribution is 2.26. The lowest BCUT2D eigenvalue weighted by atomic mass is 10.1. The second kappa shape index (κ2) is 6.70. The minimum absolute atomic E-state index is 0.0215. The van der Waals surface area contributed by atoms with Gasteiger partial charge in [0.15, 0.2) is 0 Å². The summed E-state index contributed by atoms with van der Waals surface area (Å²) in [6.07, 6.45) is 2.36. The van der Waals surface area contributed by atoms with E-state index >= 15 is 0 Å². The van der Waals surface area contributed by atoms with Gasteiger partial charge < -0.3 is 9.15 Å². The van der Waals surface area contributed by atoms with E-state index in [0.29, 0.717) is 26.1 Å². The first-order valence-electron chi connectivity index (χ1n) is 7.92. The van der Waals surface area contributed by atoms with Gasteiger partial charge in [-0.15, -0.1) is 0 Å². The van der Waals surface area contributed by atoms with Crippen LogP contribution >= 0.6 is 0 Å². The maximum Gasteiger partial charge on any atom is 0.214 e. The van der Waals surface area contributed by atoms with Crippen molar-refractivity contribution in [3.8, 4) is 0 Å². The van der Waals surface area contributed by atoms with Crippen LogP contribution in [0.4, 0.5) is 0 Å². The number of furan rings is 1. The van der Waals surface area contributed by atoms with Crippen LogP contribution < -0.4 is 0 Å². The Hall–Kier alpha value is -0.890. The van der Waals surface area contributed by atoms with Crippen molar-refractivity contribution >= 4 is 10.0 Å². The van der Waals surface area contributed by atoms with E-state index in [9.17, 15) is 8.42 Å². The summed E-state index contributed by atoms with van der Waals surface area (Å²) in [5.74, 6) is 1.40. The molecule has 2 atom stereocenters. The van der Waals surface area contributed by atoms with Crippen molar-refractivity contribution in [3.05, 3.63) is 24.2 Å². The molecule has 1 aromatic rings. The maximum atomic E-state index is 12.2. The molecule has 22 heavy (non-hydrogen) atoms. The summed E-state index contributed by atoms with van der Waals surface area (Å²) in [7, 11) is -3.13. The summed E-state index contributed by atoms with van der Waals surface area (Å²) < 4.78 is 37.4. The van der Waals surface area contributed by atoms with Crippen molar-refractivity contribution in [3.63, 3.8) is 0 Å². The van der Waals surface area contributed by atoms with Crippen LogP contribution in [0.15, 0.2) is 22.8 Å². The molecule has 0 aromatic carbocycles. The van der Waals surface area contributed by atoms with Crippen LogP contribution in [0.2, 0.25) is 0 Å². The fraction of sp³-hybridized carbons (Fsp3) is 0.733. The van der Waals surface area contributed by atoms with Crippen molar-refractivity contribution in [1.29, 1.82) is 0 Å². The molecule has 124 valence electrons. The number of hydrogen-bond acceptors (Lipinski definition) is 5. The predicted molar refractivity (Wildman–Crippen MR) is 82.9 cm³/mol. The van der Waals surface area contributed by atoms with Crippen LogP contribution in [0.25, 0.3) is 0 Å². The average molecular weight is 328 g/mol. The van der Waals surface area contributed by atoms with E-state index in [2.05, 4.69) is 4.90 Å². The molecule has 2 saturated heterocycles. The van der Waals surface area contributed by atoms with Gasteiger partial charge in [-0.1, -0.05) is 6.92 Å². The van der Waals surface area contributed by atoms with E-state index in [0.717, 1.165) is 25.4 Å². The molecule has 0 radical (unpaired) electrons. The van der Waals surface area contributed by atoms with E-state index in [-0.39, 0.29) is 17.8 Å². The number of fused-ring (bicyclic) bond motifs is 1. The van der Waals surface area contributed by atoms with E-state index < -0.39 is 10.0 Å². The van der Waals surface area contributed by atoms with Gasteiger partial charge in [0.2, 0.25) is 10.0 Å². The van der Waals surface area contributed by atoms with Crippen LogP contribution in [0, 0.1) is 5.92 Å². The number of rotatable bonds is 5. The first-order valence-corrected chi connectivity index (χ1v) is 9.53. The zero-order valence-corrected chi connectivity index (χ0v) is 13.8. The summed E-state index contributed by atoms with van der Waals surface area (Å²) in [6, 6.07) is 3.86. The van der Waals surface area contributed by atoms with Gasteiger partial charge in [-0.05, 0) is 18.6 Å². The van der Waals surface area contributed by atoms with Gasteiger partial charge in [-0.2, -0.15) is 4.31 Å². The molecule has 0 amide bonds. The molecule has 2 aliphatic rings. The van der Waals surface area contributed by atoms with Crippen molar-refractivity contribution in [2.75, 3.05) is 38.5 Å². The van der Waals surface area contributed by atoms with Gasteiger partial charge in [0.25, 0.3) is 0 Å². The molecule has 1 aromatic heterocycles. The minimum Gasteiger partial charge on any atom is -0.468 e. The molecule has 0 bridgehead atoms. The zero-order valence-electron chi connectivity index (χ0n) is 13.0. The SMILES string of the molecule is CCCS(=O)(=O)N1C[C@H]2CN(Cc3ccco3)CCO[C@H]2C1. The molecular formula is C15H24N2O4S. The largest absolute Gasteiger partial charge is 0.468 e. The lowest BCUT2D eigenvalue weighted by Gasteiger charge is -2.22. The third-order valence-electron chi connectivity index (χ3n) is 4.39. The highest BCUT2D eigenvalue weighted by atomic mass is 32.2. The van der Waals surface area contributed by atoms with Crippen LogP contribution in [0.5, 0.6) is 0 Å². The highest BCUT2D eigenvalue weighted by molar-refractivity contribution is 7.89. The molecule has 3 rings (SSSR count). The summed E-state index contributed by atoms with van der Waals surface area (Å²) >= 11 is 0. The van der Waals surface area contributed by atoms with E-state index in [1.165, 1.54) is 0 Å². The van der Waals surface area contributed by atoms with Gasteiger partial charge >= 0.3 is 0 Å². The Morgan fingerprint density at radius 3 is 2.91 bits per heavy atom. The third kappa shape index (κ3) is 3.53. The normalized spacial score (nSPS) is 27.7. The number of ether oxygens (including phenoxy) is 1. The average Bonchev–Trinajstić information content (AvgIpc) is 3.06. The first-order chi connectivity index (χ1) is 10.6. The smallest absolute Gasteiger partial charge is 0.214 e. The second-order valence-corrected chi connectivity index (χ2v) is 8.21. The summed E-state index contributed by atoms with van der Waals surface area (Å²) in [5.41, 5.74) is 0. The quantitative estimate of drug-likeness (QED) is 0.811. The topological polar surface area (TPSA) is 63.0 Å². The van der Waals surface area contributed by atoms with Crippen molar-refractivity contribution < 1.29 is 17.6 Å². The fourth-order valence-corrected chi connectivity index (χ4v) is 4.87. The van der Waals surface area contributed by atoms with Crippen LogP contribution in [0.3, 0.4) is 0 Å². The molecule has 6 nitrogen and oxygen atoms in total. The van der Waals surface area contributed by atoms with Crippen LogP contribution in [-0.4, -0.2) is 62.3 Å². The molecule has 0 aliphatic carbocycles. The molecule has 0 N–H and O–H groups in total. The van der Waals surface area contributed by atoms with Gasteiger partial charge in [-0.3, -0.25) is 4.90 Å². The lowest BCUT2D eigenvalue weighted by Crippen LogP contribution is -2.34. The summed E-state index contributed by atoms with van der Waals surface area (Å²) in [6.45, 7) is 6.07. The minimum atomic E-state index is -3.13. The summed E-state index contributed by atoms with van der Waals surface area (Å²) in [5, 5.41) is 0. The van der Waals surface area contributed by atoms with Gasteiger partial charge in [0.05, 0.1) is 31.3 Å². The second-order valence-electron chi connectivity index (χ2n) is 6.12. The molecule has 0 saturated carbocycles. The molecule has 2 aliphatic heterocycles. The van der Waals surface area contributed by atoms with Gasteiger partial charge in [-0.25, -0.2) is 8.42 Å². The van der Waals surface area contributed by atoms with E-state index in [1.807, 2.05) is 19.1 Å². The van der Waals surface area contributed by atoms with Crippen molar-refractivity contribution in [2.45, 2.75) is 26.0 Å². The maximum absolute atomic E-state index is 12.2. The van der Waals surface area contributed by atoms with Gasteiger partial charge in [0, 0.05) is 32.1 Å². The third-order valence-corrected chi connectivity index (χ3v) is 6.40. The molecule has 2 fully saturated rings. The highest BCUT2D eigenvalue weighted by Gasteiger charge is 2.40. The molecule has 0 spiro atoms. The molecular weight excluding hydrogens is 304 g/mol.